The van der Waals surface area contributed by atoms with Crippen LogP contribution in [-0.4, -0.2) is 41.5 Å². The van der Waals surface area contributed by atoms with Gasteiger partial charge in [-0.2, -0.15) is 5.11 Å². The van der Waals surface area contributed by atoms with Crippen molar-refractivity contribution in [3.05, 3.63) is 138 Å². The minimum atomic E-state index is -0.310. The molecule has 4 aromatic carbocycles. The van der Waals surface area contributed by atoms with Crippen LogP contribution in [0.4, 0.5) is 17.1 Å². The predicted octanol–water partition coefficient (Wildman–Crippen LogP) is 17.6. The largest absolute Gasteiger partial charge is 0.463 e. The lowest BCUT2D eigenvalue weighted by Gasteiger charge is -2.29. The van der Waals surface area contributed by atoms with Crippen LogP contribution in [0.3, 0.4) is 0 Å². The summed E-state index contributed by atoms with van der Waals surface area (Å²) in [7, 11) is 0. The Morgan fingerprint density at radius 1 is 0.614 bits per heavy atom. The zero-order chi connectivity index (χ0) is 47.7. The van der Waals surface area contributed by atoms with Gasteiger partial charge in [-0.15, -0.1) is 15.3 Å². The fourth-order valence-corrected chi connectivity index (χ4v) is 13.6. The van der Waals surface area contributed by atoms with E-state index in [1.54, 1.807) is 23.5 Å². The number of amidine groups is 1. The third-order valence-corrected chi connectivity index (χ3v) is 18.0. The molecule has 8 nitrogen and oxygen atoms in total. The maximum Gasteiger partial charge on any atom is 0.330 e. The number of hydrogen-bond acceptors (Lipinski definition) is 10. The maximum atomic E-state index is 11.2. The molecule has 2 atom stereocenters. The van der Waals surface area contributed by atoms with E-state index < -0.39 is 0 Å². The van der Waals surface area contributed by atoms with Gasteiger partial charge < -0.3 is 9.64 Å². The van der Waals surface area contributed by atoms with E-state index in [0.717, 1.165) is 65.8 Å². The van der Waals surface area contributed by atoms with Gasteiger partial charge in [-0.3, -0.25) is 0 Å². The molecule has 0 spiro atoms. The van der Waals surface area contributed by atoms with Crippen LogP contribution in [0.5, 0.6) is 0 Å². The lowest BCUT2D eigenvalue weighted by Crippen LogP contribution is -2.17. The highest BCUT2D eigenvalue weighted by Crippen LogP contribution is 2.46. The van der Waals surface area contributed by atoms with Crippen molar-refractivity contribution < 1.29 is 9.53 Å². The molecule has 10 heteroatoms. The van der Waals surface area contributed by atoms with Gasteiger partial charge in [-0.05, 0) is 177 Å². The second-order valence-electron chi connectivity index (χ2n) is 20.5. The first-order valence-electron chi connectivity index (χ1n) is 26.9. The molecule has 0 bridgehead atoms. The third kappa shape index (κ3) is 14.6. The van der Waals surface area contributed by atoms with Gasteiger partial charge in [0.1, 0.15) is 10.4 Å². The molecule has 0 amide bonds. The molecular formula is C60H74N6O2S2. The zero-order valence-corrected chi connectivity index (χ0v) is 43.0. The molecule has 3 fully saturated rings. The Labute approximate surface area is 426 Å². The molecule has 0 aromatic heterocycles. The van der Waals surface area contributed by atoms with Crippen molar-refractivity contribution in [3.8, 4) is 11.1 Å². The molecule has 4 aromatic rings. The summed E-state index contributed by atoms with van der Waals surface area (Å²) in [5.41, 5.74) is 10.1. The molecule has 5 aliphatic rings. The Bertz CT molecular complexity index is 2390. The van der Waals surface area contributed by atoms with E-state index in [0.29, 0.717) is 18.4 Å². The van der Waals surface area contributed by atoms with E-state index in [-0.39, 0.29) is 16.6 Å². The van der Waals surface area contributed by atoms with Crippen LogP contribution in [0.15, 0.2) is 146 Å². The highest BCUT2D eigenvalue weighted by Gasteiger charge is 2.36. The number of azo groups is 2. The van der Waals surface area contributed by atoms with E-state index >= 15 is 0 Å². The summed E-state index contributed by atoms with van der Waals surface area (Å²) in [6.07, 6.45) is 30.4. The van der Waals surface area contributed by atoms with Crippen LogP contribution in [0, 0.1) is 11.8 Å². The molecule has 2 aliphatic carbocycles. The average Bonchev–Trinajstić information content (AvgIpc) is 4.18. The van der Waals surface area contributed by atoms with Crippen LogP contribution in [0.25, 0.3) is 11.1 Å². The van der Waals surface area contributed by atoms with Gasteiger partial charge in [0, 0.05) is 24.9 Å². The fourth-order valence-electron chi connectivity index (χ4n) is 11.4. The maximum absolute atomic E-state index is 11.2. The second-order valence-corrected chi connectivity index (χ2v) is 22.8. The predicted molar refractivity (Wildman–Crippen MR) is 294 cm³/mol. The second kappa shape index (κ2) is 26.1. The first kappa shape index (κ1) is 50.2. The number of thioether (sulfide) groups is 2. The standard InChI is InChI=1S/C60H74N6O2S2/c1-2-58(67)68-42-12-6-5-9-14-45-18-24-48(25-19-45)50-28-32-52(33-29-50)51-30-26-49(27-31-51)47-22-16-44(17-23-47)13-7-3-4-8-15-46-20-34-53(35-21-46)62-64-57-43-56-59(70-57)61-60(69-56)65-63-54-36-38-55(39-37-54)66-40-10-11-41-66/h2,20-21,26-39,43-45,47-48,56,59H,1,3-19,22-25,40-42H2. The topological polar surface area (TPSA) is 91.3 Å². The number of fused-ring (bicyclic) bond motifs is 1. The minimum absolute atomic E-state index is 0.0821. The van der Waals surface area contributed by atoms with E-state index in [4.69, 9.17) is 9.73 Å². The number of carbonyl (C=O) groups is 1. The molecule has 368 valence electrons. The number of carbonyl (C=O) groups excluding carboxylic acids is 1. The van der Waals surface area contributed by atoms with Crippen LogP contribution in [0.2, 0.25) is 0 Å². The first-order valence-corrected chi connectivity index (χ1v) is 28.7. The Kier molecular flexibility index (Phi) is 18.7. The van der Waals surface area contributed by atoms with Crippen molar-refractivity contribution in [2.24, 2.45) is 37.3 Å². The van der Waals surface area contributed by atoms with E-state index in [2.05, 4.69) is 123 Å². The van der Waals surface area contributed by atoms with Crippen molar-refractivity contribution in [1.82, 2.24) is 0 Å². The summed E-state index contributed by atoms with van der Waals surface area (Å²) in [5, 5.41) is 20.0. The Balaban J connectivity index is 0.601. The SMILES string of the molecule is C=CC(=O)OCCCCCCC1CCC(c2ccc(-c3ccc(C4CCC(CCCCCCc5ccc(N=NC6=CC7SC(N=Nc8ccc(N9CCCC9)cc8)=NC7S6)cc5)CC4)cc3)cc2)CC1. The average molecular weight is 975 g/mol. The molecule has 3 aliphatic heterocycles. The Morgan fingerprint density at radius 3 is 1.73 bits per heavy atom. The lowest BCUT2D eigenvalue weighted by atomic mass is 9.76. The number of anilines is 1. The van der Waals surface area contributed by atoms with Gasteiger partial charge >= 0.3 is 5.97 Å². The molecule has 0 radical (unpaired) electrons. The van der Waals surface area contributed by atoms with Gasteiger partial charge in [0.2, 0.25) is 5.17 Å². The van der Waals surface area contributed by atoms with Gasteiger partial charge in [-0.25, -0.2) is 9.79 Å². The number of benzene rings is 4. The van der Waals surface area contributed by atoms with Crippen molar-refractivity contribution in [2.45, 2.75) is 157 Å². The molecule has 70 heavy (non-hydrogen) atoms. The van der Waals surface area contributed by atoms with Gasteiger partial charge in [-0.1, -0.05) is 142 Å². The lowest BCUT2D eigenvalue weighted by molar-refractivity contribution is -0.137. The number of ether oxygens (including phenoxy) is 1. The smallest absolute Gasteiger partial charge is 0.330 e. The molecule has 2 unspecified atom stereocenters. The summed E-state index contributed by atoms with van der Waals surface area (Å²) in [5.74, 6) is 2.88. The van der Waals surface area contributed by atoms with Crippen LogP contribution < -0.4 is 4.90 Å². The third-order valence-electron chi connectivity index (χ3n) is 15.6. The normalized spacial score (nSPS) is 23.5. The summed E-state index contributed by atoms with van der Waals surface area (Å²) >= 11 is 3.31. The number of aliphatic imine (C=N–C) groups is 1. The number of hydrogen-bond donors (Lipinski definition) is 0. The highest BCUT2D eigenvalue weighted by atomic mass is 32.2. The molecular weight excluding hydrogens is 901 g/mol. The number of rotatable bonds is 22. The molecule has 0 N–H and O–H groups in total. The van der Waals surface area contributed by atoms with Crippen molar-refractivity contribution in [2.75, 3.05) is 24.6 Å². The molecule has 2 saturated carbocycles. The summed E-state index contributed by atoms with van der Waals surface area (Å²) in [4.78, 5) is 18.4. The van der Waals surface area contributed by atoms with Crippen LogP contribution >= 0.6 is 23.5 Å². The van der Waals surface area contributed by atoms with Gasteiger partial charge in [0.15, 0.2) is 0 Å². The zero-order valence-electron chi connectivity index (χ0n) is 41.4. The van der Waals surface area contributed by atoms with Crippen molar-refractivity contribution >= 4 is 51.7 Å². The van der Waals surface area contributed by atoms with E-state index in [1.807, 2.05) is 12.1 Å². The monoisotopic (exact) mass is 975 g/mol. The number of unbranched alkanes of at least 4 members (excludes halogenated alkanes) is 6. The molecule has 9 rings (SSSR count). The van der Waals surface area contributed by atoms with E-state index in [9.17, 15) is 4.79 Å². The Hall–Kier alpha value is -4.80. The minimum Gasteiger partial charge on any atom is -0.463 e. The molecule has 3 heterocycles. The molecule has 1 saturated heterocycles. The Morgan fingerprint density at radius 2 is 1.16 bits per heavy atom. The van der Waals surface area contributed by atoms with Crippen LogP contribution in [0.1, 0.15) is 157 Å². The van der Waals surface area contributed by atoms with E-state index in [1.165, 1.54) is 155 Å². The van der Waals surface area contributed by atoms with Gasteiger partial charge in [0.25, 0.3) is 0 Å². The summed E-state index contributed by atoms with van der Waals surface area (Å²) in [6, 6.07) is 36.1. The quantitative estimate of drug-likeness (QED) is 0.0339. The van der Waals surface area contributed by atoms with Gasteiger partial charge in [0.05, 0.1) is 23.2 Å². The number of aryl methyl sites for hydroxylation is 1. The summed E-state index contributed by atoms with van der Waals surface area (Å²) in [6.45, 7) is 6.25. The number of nitrogens with zero attached hydrogens (tertiary/aromatic N) is 6. The van der Waals surface area contributed by atoms with Crippen molar-refractivity contribution in [3.63, 3.8) is 0 Å². The number of esters is 1. The first-order chi connectivity index (χ1) is 34.5. The highest BCUT2D eigenvalue weighted by molar-refractivity contribution is 8.16. The van der Waals surface area contributed by atoms with Crippen molar-refractivity contribution in [1.29, 1.82) is 0 Å². The fraction of sp³-hybridized carbons (Fsp3) is 0.500. The summed E-state index contributed by atoms with van der Waals surface area (Å²) < 4.78 is 5.09. The van der Waals surface area contributed by atoms with Crippen LogP contribution in [-0.2, 0) is 16.0 Å².